The summed E-state index contributed by atoms with van der Waals surface area (Å²) in [7, 11) is 1.47. The van der Waals surface area contributed by atoms with Gasteiger partial charge in [0.2, 0.25) is 11.7 Å². The average molecular weight is 411 g/mol. The van der Waals surface area contributed by atoms with Crippen LogP contribution >= 0.6 is 23.2 Å². The summed E-state index contributed by atoms with van der Waals surface area (Å²) in [5.74, 6) is 0.344. The third-order valence-electron chi connectivity index (χ3n) is 3.70. The lowest BCUT2D eigenvalue weighted by Crippen LogP contribution is -2.33. The molecule has 0 fully saturated rings. The Morgan fingerprint density at radius 2 is 1.93 bits per heavy atom. The molecule has 0 aromatic heterocycles. The number of nitrogens with one attached hydrogen (secondary N) is 2. The molecule has 0 radical (unpaired) electrons. The van der Waals surface area contributed by atoms with Crippen LogP contribution in [0, 0.1) is 0 Å². The minimum Gasteiger partial charge on any atom is -0.493 e. The maximum atomic E-state index is 12.4. The van der Waals surface area contributed by atoms with Crippen molar-refractivity contribution in [1.82, 2.24) is 5.32 Å². The summed E-state index contributed by atoms with van der Waals surface area (Å²) in [5.41, 5.74) is 0.647. The fraction of sp³-hybridized carbons (Fsp3) is 0.222. The third-order valence-corrected chi connectivity index (χ3v) is 4.27. The summed E-state index contributed by atoms with van der Waals surface area (Å²) < 4.78 is 16.2. The summed E-state index contributed by atoms with van der Waals surface area (Å²) in [6, 6.07) is 7.76. The van der Waals surface area contributed by atoms with E-state index in [4.69, 9.17) is 37.4 Å². The first kappa shape index (κ1) is 19.1. The van der Waals surface area contributed by atoms with Crippen molar-refractivity contribution in [3.63, 3.8) is 0 Å². The zero-order valence-electron chi connectivity index (χ0n) is 14.3. The van der Waals surface area contributed by atoms with Crippen molar-refractivity contribution in [2.75, 3.05) is 32.2 Å². The second-order valence-corrected chi connectivity index (χ2v) is 6.40. The van der Waals surface area contributed by atoms with Gasteiger partial charge in [-0.05, 0) is 30.3 Å². The highest BCUT2D eigenvalue weighted by Gasteiger charge is 2.21. The van der Waals surface area contributed by atoms with Crippen LogP contribution in [0.4, 0.5) is 5.69 Å². The first-order valence-electron chi connectivity index (χ1n) is 7.98. The smallest absolute Gasteiger partial charge is 0.251 e. The molecule has 0 spiro atoms. The van der Waals surface area contributed by atoms with Crippen LogP contribution in [0.15, 0.2) is 30.3 Å². The van der Waals surface area contributed by atoms with Crippen molar-refractivity contribution in [1.29, 1.82) is 0 Å². The first-order valence-corrected chi connectivity index (χ1v) is 8.74. The van der Waals surface area contributed by atoms with Crippen molar-refractivity contribution in [2.24, 2.45) is 0 Å². The van der Waals surface area contributed by atoms with Crippen LogP contribution in [-0.2, 0) is 4.79 Å². The van der Waals surface area contributed by atoms with Gasteiger partial charge in [0, 0.05) is 10.6 Å². The Kier molecular flexibility index (Phi) is 5.93. The number of halogens is 2. The molecule has 1 aliphatic rings. The topological polar surface area (TPSA) is 85.9 Å². The van der Waals surface area contributed by atoms with Crippen LogP contribution in [0.1, 0.15) is 10.4 Å². The Bertz CT molecular complexity index is 871. The lowest BCUT2D eigenvalue weighted by atomic mass is 10.1. The van der Waals surface area contributed by atoms with Gasteiger partial charge in [0.15, 0.2) is 11.5 Å². The van der Waals surface area contributed by atoms with Gasteiger partial charge in [0.25, 0.3) is 5.91 Å². The number of amides is 2. The second-order valence-electron chi connectivity index (χ2n) is 5.56. The van der Waals surface area contributed by atoms with Gasteiger partial charge in [0.05, 0.1) is 24.4 Å². The molecular weight excluding hydrogens is 395 g/mol. The molecule has 2 aromatic carbocycles. The largest absolute Gasteiger partial charge is 0.493 e. The summed E-state index contributed by atoms with van der Waals surface area (Å²) in [6.45, 7) is 0.531. The van der Waals surface area contributed by atoms with Crippen molar-refractivity contribution < 1.29 is 23.8 Å². The number of anilines is 1. The van der Waals surface area contributed by atoms with Crippen LogP contribution in [0.3, 0.4) is 0 Å². The van der Waals surface area contributed by atoms with Crippen molar-refractivity contribution >= 4 is 40.7 Å². The highest BCUT2D eigenvalue weighted by molar-refractivity contribution is 6.35. The zero-order chi connectivity index (χ0) is 19.4. The predicted molar refractivity (Wildman–Crippen MR) is 101 cm³/mol. The number of fused-ring (bicyclic) bond motifs is 1. The molecule has 0 atom stereocenters. The number of methoxy groups -OCH3 is 1. The Balaban J connectivity index is 1.65. The highest BCUT2D eigenvalue weighted by atomic mass is 35.5. The summed E-state index contributed by atoms with van der Waals surface area (Å²) in [4.78, 5) is 24.5. The molecule has 9 heteroatoms. The van der Waals surface area contributed by atoms with Crippen molar-refractivity contribution in [3.05, 3.63) is 45.9 Å². The van der Waals surface area contributed by atoms with Crippen LogP contribution in [-0.4, -0.2) is 38.7 Å². The molecule has 2 aromatic rings. The Morgan fingerprint density at radius 1 is 1.15 bits per heavy atom. The Morgan fingerprint density at radius 3 is 2.70 bits per heavy atom. The first-order chi connectivity index (χ1) is 13.0. The van der Waals surface area contributed by atoms with Crippen LogP contribution in [0.25, 0.3) is 0 Å². The quantitative estimate of drug-likeness (QED) is 0.790. The normalized spacial score (nSPS) is 12.3. The van der Waals surface area contributed by atoms with Crippen LogP contribution < -0.4 is 24.8 Å². The monoisotopic (exact) mass is 410 g/mol. The number of ether oxygens (including phenoxy) is 3. The summed E-state index contributed by atoms with van der Waals surface area (Å²) in [5, 5.41) is 5.90. The van der Waals surface area contributed by atoms with E-state index in [1.165, 1.54) is 25.3 Å². The second kappa shape index (κ2) is 8.37. The lowest BCUT2D eigenvalue weighted by molar-refractivity contribution is -0.115. The number of hydrogen-bond acceptors (Lipinski definition) is 5. The molecule has 1 aliphatic heterocycles. The van der Waals surface area contributed by atoms with Gasteiger partial charge in [0.1, 0.15) is 13.2 Å². The number of carbonyl (C=O) groups excluding carboxylic acids is 2. The molecule has 0 aliphatic carbocycles. The number of carbonyl (C=O) groups is 2. The fourth-order valence-electron chi connectivity index (χ4n) is 2.45. The zero-order valence-corrected chi connectivity index (χ0v) is 15.8. The molecule has 2 N–H and O–H groups in total. The molecule has 1 heterocycles. The minimum absolute atomic E-state index is 0.252. The third kappa shape index (κ3) is 4.56. The van der Waals surface area contributed by atoms with E-state index in [0.717, 1.165) is 0 Å². The van der Waals surface area contributed by atoms with E-state index in [2.05, 4.69) is 10.6 Å². The number of hydrogen-bond donors (Lipinski definition) is 2. The molecule has 0 saturated carbocycles. The minimum atomic E-state index is -0.461. The standard InChI is InChI=1S/C18H16Cl2N2O5/c1-25-14-6-10(7-15-17(14)27-5-4-26-15)18(24)21-9-16(23)22-13-8-11(19)2-3-12(13)20/h2-3,6-8H,4-5,9H2,1H3,(H,21,24)(H,22,23). The van der Waals surface area contributed by atoms with Crippen molar-refractivity contribution in [2.45, 2.75) is 0 Å². The average Bonchev–Trinajstić information content (AvgIpc) is 2.68. The van der Waals surface area contributed by atoms with Gasteiger partial charge in [-0.2, -0.15) is 0 Å². The van der Waals surface area contributed by atoms with E-state index in [-0.39, 0.29) is 12.1 Å². The van der Waals surface area contributed by atoms with Gasteiger partial charge in [-0.25, -0.2) is 0 Å². The molecule has 0 saturated heterocycles. The summed E-state index contributed by atoms with van der Waals surface area (Å²) in [6.07, 6.45) is 0. The number of rotatable bonds is 5. The van der Waals surface area contributed by atoms with E-state index in [0.29, 0.717) is 46.2 Å². The lowest BCUT2D eigenvalue weighted by Gasteiger charge is -2.21. The fourth-order valence-corrected chi connectivity index (χ4v) is 2.79. The predicted octanol–water partition coefficient (Wildman–Crippen LogP) is 3.14. The molecule has 0 unspecified atom stereocenters. The van der Waals surface area contributed by atoms with Gasteiger partial charge in [-0.3, -0.25) is 9.59 Å². The molecule has 0 bridgehead atoms. The summed E-state index contributed by atoms with van der Waals surface area (Å²) >= 11 is 11.9. The van der Waals surface area contributed by atoms with Crippen LogP contribution in [0.2, 0.25) is 10.0 Å². The molecule has 142 valence electrons. The van der Waals surface area contributed by atoms with Gasteiger partial charge in [-0.15, -0.1) is 0 Å². The molecule has 3 rings (SSSR count). The molecular formula is C18H16Cl2N2O5. The van der Waals surface area contributed by atoms with E-state index in [1.54, 1.807) is 12.1 Å². The van der Waals surface area contributed by atoms with Gasteiger partial charge in [-0.1, -0.05) is 23.2 Å². The SMILES string of the molecule is COc1cc(C(=O)NCC(=O)Nc2cc(Cl)ccc2Cl)cc2c1OCCO2. The Hall–Kier alpha value is -2.64. The van der Waals surface area contributed by atoms with E-state index in [1.807, 2.05) is 0 Å². The van der Waals surface area contributed by atoms with Crippen LogP contribution in [0.5, 0.6) is 17.2 Å². The van der Waals surface area contributed by atoms with Gasteiger partial charge >= 0.3 is 0 Å². The molecule has 2 amide bonds. The number of benzene rings is 2. The Labute approximate surface area is 165 Å². The van der Waals surface area contributed by atoms with E-state index < -0.39 is 11.8 Å². The maximum absolute atomic E-state index is 12.4. The van der Waals surface area contributed by atoms with E-state index >= 15 is 0 Å². The maximum Gasteiger partial charge on any atom is 0.251 e. The molecule has 7 nitrogen and oxygen atoms in total. The molecule has 27 heavy (non-hydrogen) atoms. The highest BCUT2D eigenvalue weighted by Crippen LogP contribution is 2.40. The van der Waals surface area contributed by atoms with Crippen molar-refractivity contribution in [3.8, 4) is 17.2 Å². The van der Waals surface area contributed by atoms with E-state index in [9.17, 15) is 9.59 Å². The van der Waals surface area contributed by atoms with Gasteiger partial charge < -0.3 is 24.8 Å².